The molecule has 3 heterocycles. The molecule has 7 nitrogen and oxygen atoms in total. The Balaban J connectivity index is 1.85. The summed E-state index contributed by atoms with van der Waals surface area (Å²) in [6, 6.07) is 7.47. The zero-order valence-corrected chi connectivity index (χ0v) is 21.4. The summed E-state index contributed by atoms with van der Waals surface area (Å²) in [5.74, 6) is 5.20. The second-order valence-corrected chi connectivity index (χ2v) is 9.38. The Morgan fingerprint density at radius 3 is 2.19 bits per heavy atom. The highest BCUT2D eigenvalue weighted by Gasteiger charge is 2.29. The minimum absolute atomic E-state index is 0.00352. The predicted molar refractivity (Wildman–Crippen MR) is 140 cm³/mol. The van der Waals surface area contributed by atoms with Gasteiger partial charge >= 0.3 is 5.63 Å². The summed E-state index contributed by atoms with van der Waals surface area (Å²) in [7, 11) is 3.19. The fourth-order valence-electron chi connectivity index (χ4n) is 4.98. The monoisotopic (exact) mass is 487 g/mol. The number of methoxy groups -OCH3 is 2. The van der Waals surface area contributed by atoms with Gasteiger partial charge < -0.3 is 27.9 Å². The van der Waals surface area contributed by atoms with E-state index >= 15 is 0 Å². The number of hydrogen-bond donors (Lipinski definition) is 0. The van der Waals surface area contributed by atoms with Gasteiger partial charge in [-0.2, -0.15) is 0 Å². The maximum atomic E-state index is 13.3. The molecular formula is C29H29NO6. The second kappa shape index (κ2) is 8.87. The third kappa shape index (κ3) is 3.65. The summed E-state index contributed by atoms with van der Waals surface area (Å²) >= 11 is 0. The van der Waals surface area contributed by atoms with E-state index in [0.29, 0.717) is 63.4 Å². The molecule has 0 saturated carbocycles. The fourth-order valence-corrected chi connectivity index (χ4v) is 4.98. The van der Waals surface area contributed by atoms with E-state index in [-0.39, 0.29) is 12.2 Å². The number of rotatable bonds is 6. The maximum Gasteiger partial charge on any atom is 0.361 e. The van der Waals surface area contributed by atoms with E-state index < -0.39 is 5.63 Å². The van der Waals surface area contributed by atoms with Crippen LogP contribution < -0.4 is 24.6 Å². The van der Waals surface area contributed by atoms with Crippen molar-refractivity contribution in [1.82, 2.24) is 4.57 Å². The lowest BCUT2D eigenvalue weighted by atomic mass is 9.95. The molecule has 0 spiro atoms. The van der Waals surface area contributed by atoms with Gasteiger partial charge in [0, 0.05) is 28.9 Å². The van der Waals surface area contributed by atoms with Crippen LogP contribution >= 0.6 is 0 Å². The number of fused-ring (bicyclic) bond motifs is 7. The van der Waals surface area contributed by atoms with Gasteiger partial charge in [0.05, 0.1) is 37.7 Å². The molecule has 0 fully saturated rings. The average Bonchev–Trinajstić information content (AvgIpc) is 3.18. The smallest absolute Gasteiger partial charge is 0.361 e. The van der Waals surface area contributed by atoms with E-state index in [0.717, 1.165) is 16.8 Å². The predicted octanol–water partition coefficient (Wildman–Crippen LogP) is 5.54. The van der Waals surface area contributed by atoms with Crippen molar-refractivity contribution in [1.29, 1.82) is 0 Å². The highest BCUT2D eigenvalue weighted by Crippen LogP contribution is 2.45. The Hall–Kier alpha value is -4.05. The van der Waals surface area contributed by atoms with E-state index in [1.54, 1.807) is 20.3 Å². The van der Waals surface area contributed by atoms with Crippen molar-refractivity contribution in [2.24, 2.45) is 0 Å². The molecule has 4 aromatic rings. The number of terminal acetylenes is 1. The summed E-state index contributed by atoms with van der Waals surface area (Å²) in [6.07, 6.45) is 6.74. The Morgan fingerprint density at radius 1 is 0.944 bits per heavy atom. The van der Waals surface area contributed by atoms with Gasteiger partial charge in [-0.15, -0.1) is 6.42 Å². The number of aromatic nitrogens is 1. The molecule has 1 aliphatic heterocycles. The van der Waals surface area contributed by atoms with Crippen molar-refractivity contribution in [2.75, 3.05) is 14.2 Å². The van der Waals surface area contributed by atoms with Crippen molar-refractivity contribution >= 4 is 21.9 Å². The van der Waals surface area contributed by atoms with Crippen LogP contribution in [0.3, 0.4) is 0 Å². The number of hydrogen-bond acceptors (Lipinski definition) is 6. The number of nitrogens with zero attached hydrogens (tertiary/aromatic N) is 1. The molecule has 7 heteroatoms. The summed E-state index contributed by atoms with van der Waals surface area (Å²) in [6.45, 7) is 8.37. The highest BCUT2D eigenvalue weighted by atomic mass is 16.5. The summed E-state index contributed by atoms with van der Waals surface area (Å²) in [5.41, 5.74) is 3.80. The molecule has 0 saturated heterocycles. The largest absolute Gasteiger partial charge is 0.493 e. The lowest BCUT2D eigenvalue weighted by Crippen LogP contribution is -2.15. The molecule has 186 valence electrons. The van der Waals surface area contributed by atoms with Crippen LogP contribution in [0.1, 0.15) is 38.8 Å². The zero-order valence-electron chi connectivity index (χ0n) is 21.4. The van der Waals surface area contributed by atoms with Crippen LogP contribution in [-0.2, 0) is 13.0 Å². The second-order valence-electron chi connectivity index (χ2n) is 9.38. The normalized spacial score (nSPS) is 12.5. The van der Waals surface area contributed by atoms with E-state index in [4.69, 9.17) is 29.8 Å². The maximum absolute atomic E-state index is 13.3. The standard InChI is InChI=1S/C29H29NO6/c1-8-18-26-20-13-23(33-7)25(35-16(4)5)14-21(20)36-29(31)28(26)30-10-9-17-11-24(34-15(2)3)22(32-6)12-19(17)27(18)30/h1,11-16H,9-10H2,2-7H3. The van der Waals surface area contributed by atoms with Gasteiger partial charge in [0.15, 0.2) is 23.0 Å². The van der Waals surface area contributed by atoms with Crippen LogP contribution in [0.25, 0.3) is 33.1 Å². The zero-order chi connectivity index (χ0) is 25.7. The van der Waals surface area contributed by atoms with Gasteiger partial charge in [-0.1, -0.05) is 5.92 Å². The molecule has 0 atom stereocenters. The molecule has 1 aliphatic rings. The molecule has 36 heavy (non-hydrogen) atoms. The van der Waals surface area contributed by atoms with E-state index in [9.17, 15) is 4.79 Å². The van der Waals surface area contributed by atoms with Crippen LogP contribution in [-0.4, -0.2) is 31.0 Å². The Bertz CT molecular complexity index is 1600. The van der Waals surface area contributed by atoms with Crippen LogP contribution in [0.15, 0.2) is 33.5 Å². The minimum Gasteiger partial charge on any atom is -0.493 e. The van der Waals surface area contributed by atoms with Gasteiger partial charge in [0.1, 0.15) is 11.1 Å². The quantitative estimate of drug-likeness (QED) is 0.263. The first kappa shape index (κ1) is 23.7. The summed E-state index contributed by atoms with van der Waals surface area (Å²) in [4.78, 5) is 13.3. The lowest BCUT2D eigenvalue weighted by molar-refractivity contribution is 0.230. The molecule has 5 rings (SSSR count). The molecule has 0 N–H and O–H groups in total. The van der Waals surface area contributed by atoms with Gasteiger partial charge in [0.2, 0.25) is 0 Å². The van der Waals surface area contributed by atoms with E-state index in [2.05, 4.69) is 5.92 Å². The molecule has 2 aromatic carbocycles. The molecule has 0 amide bonds. The third-order valence-electron chi connectivity index (χ3n) is 6.31. The van der Waals surface area contributed by atoms with Crippen LogP contribution in [0, 0.1) is 12.3 Å². The average molecular weight is 488 g/mol. The first-order chi connectivity index (χ1) is 17.3. The van der Waals surface area contributed by atoms with Gasteiger partial charge in [-0.05, 0) is 57.9 Å². The Kier molecular flexibility index (Phi) is 5.83. The topological polar surface area (TPSA) is 72.1 Å². The summed E-state index contributed by atoms with van der Waals surface area (Å²) in [5, 5.41) is 1.36. The molecule has 0 aliphatic carbocycles. The van der Waals surface area contributed by atoms with Gasteiger partial charge in [0.25, 0.3) is 0 Å². The van der Waals surface area contributed by atoms with Crippen molar-refractivity contribution < 1.29 is 23.4 Å². The molecular weight excluding hydrogens is 458 g/mol. The fraction of sp³-hybridized carbons (Fsp3) is 0.345. The van der Waals surface area contributed by atoms with Gasteiger partial charge in [-0.3, -0.25) is 0 Å². The molecule has 0 radical (unpaired) electrons. The van der Waals surface area contributed by atoms with Crippen LogP contribution in [0.5, 0.6) is 23.0 Å². The van der Waals surface area contributed by atoms with Crippen LogP contribution in [0.4, 0.5) is 0 Å². The van der Waals surface area contributed by atoms with Crippen molar-refractivity contribution in [3.63, 3.8) is 0 Å². The van der Waals surface area contributed by atoms with Crippen molar-refractivity contribution in [3.8, 4) is 46.6 Å². The Labute approximate surface area is 209 Å². The highest BCUT2D eigenvalue weighted by molar-refractivity contribution is 6.11. The van der Waals surface area contributed by atoms with Crippen molar-refractivity contribution in [2.45, 2.75) is 52.9 Å². The third-order valence-corrected chi connectivity index (χ3v) is 6.31. The summed E-state index contributed by atoms with van der Waals surface area (Å²) < 4.78 is 30.9. The Morgan fingerprint density at radius 2 is 1.58 bits per heavy atom. The SMILES string of the molecule is C#Cc1c2n(c3c(=O)oc4cc(OC(C)C)c(OC)cc4c13)CCc1cc(OC(C)C)c(OC)cc1-2. The number of aryl methyl sites for hydroxylation is 2. The molecule has 2 aromatic heterocycles. The van der Waals surface area contributed by atoms with Crippen molar-refractivity contribution in [3.05, 3.63) is 45.8 Å². The number of ether oxygens (including phenoxy) is 4. The van der Waals surface area contributed by atoms with E-state index in [1.165, 1.54) is 0 Å². The first-order valence-corrected chi connectivity index (χ1v) is 12.0. The first-order valence-electron chi connectivity index (χ1n) is 12.0. The van der Waals surface area contributed by atoms with Crippen LogP contribution in [0.2, 0.25) is 0 Å². The van der Waals surface area contributed by atoms with E-state index in [1.807, 2.05) is 50.5 Å². The van der Waals surface area contributed by atoms with Gasteiger partial charge in [-0.25, -0.2) is 4.79 Å². The molecule has 0 bridgehead atoms. The molecule has 0 unspecified atom stereocenters. The minimum atomic E-state index is -0.448. The lowest BCUT2D eigenvalue weighted by Gasteiger charge is -2.23. The number of benzene rings is 2.